The molecule has 20 heavy (non-hydrogen) atoms. The smallest absolute Gasteiger partial charge is 0.341 e. The lowest BCUT2D eigenvalue weighted by atomic mass is 10.2. The number of ether oxygens (including phenoxy) is 1. The molecule has 2 rings (SSSR count). The van der Waals surface area contributed by atoms with Gasteiger partial charge in [-0.15, -0.1) is 0 Å². The Bertz CT molecular complexity index is 614. The molecular weight excluding hydrogens is 261 g/mol. The maximum absolute atomic E-state index is 12.8. The Morgan fingerprint density at radius 2 is 2.10 bits per heavy atom. The predicted molar refractivity (Wildman–Crippen MR) is 73.7 cm³/mol. The summed E-state index contributed by atoms with van der Waals surface area (Å²) in [7, 11) is 1.29. The van der Waals surface area contributed by atoms with Crippen molar-refractivity contribution in [3.8, 4) is 0 Å². The number of aromatic nitrogens is 1. The molecule has 0 amide bonds. The summed E-state index contributed by atoms with van der Waals surface area (Å²) in [6.45, 7) is 0.404. The summed E-state index contributed by atoms with van der Waals surface area (Å²) in [4.78, 5) is 15.7. The highest BCUT2D eigenvalue weighted by atomic mass is 19.1. The van der Waals surface area contributed by atoms with Crippen LogP contribution in [0, 0.1) is 5.82 Å². The molecule has 0 aliphatic carbocycles. The molecule has 0 bridgehead atoms. The van der Waals surface area contributed by atoms with Crippen LogP contribution in [-0.4, -0.2) is 18.1 Å². The number of nitrogens with zero attached hydrogens (tertiary/aromatic N) is 1. The van der Waals surface area contributed by atoms with Crippen molar-refractivity contribution < 1.29 is 13.9 Å². The number of nitrogen functional groups attached to an aromatic ring is 1. The number of nitrogens with two attached hydrogens (primary N) is 1. The van der Waals surface area contributed by atoms with Gasteiger partial charge in [0.25, 0.3) is 0 Å². The second kappa shape index (κ2) is 6.01. The van der Waals surface area contributed by atoms with Gasteiger partial charge in [-0.25, -0.2) is 14.2 Å². The number of nitrogens with one attached hydrogen (secondary N) is 1. The summed E-state index contributed by atoms with van der Waals surface area (Å²) in [6, 6.07) is 7.53. The lowest BCUT2D eigenvalue weighted by Gasteiger charge is -2.10. The first-order valence-corrected chi connectivity index (χ1v) is 5.92. The number of carbonyl (C=O) groups is 1. The molecule has 0 aliphatic heterocycles. The Morgan fingerprint density at radius 3 is 2.75 bits per heavy atom. The number of halogens is 1. The molecule has 104 valence electrons. The SMILES string of the molecule is COC(=O)c1cc(N)cnc1NCc1ccc(F)cc1. The first kappa shape index (κ1) is 13.8. The van der Waals surface area contributed by atoms with Crippen LogP contribution in [0.5, 0.6) is 0 Å². The van der Waals surface area contributed by atoms with E-state index in [-0.39, 0.29) is 11.4 Å². The largest absolute Gasteiger partial charge is 0.465 e. The summed E-state index contributed by atoms with van der Waals surface area (Å²) in [5.41, 5.74) is 7.10. The first-order chi connectivity index (χ1) is 9.60. The van der Waals surface area contributed by atoms with E-state index in [2.05, 4.69) is 15.0 Å². The van der Waals surface area contributed by atoms with Gasteiger partial charge >= 0.3 is 5.97 Å². The van der Waals surface area contributed by atoms with Crippen LogP contribution >= 0.6 is 0 Å². The van der Waals surface area contributed by atoms with E-state index in [1.165, 1.54) is 31.5 Å². The van der Waals surface area contributed by atoms with E-state index in [1.807, 2.05) is 0 Å². The van der Waals surface area contributed by atoms with Gasteiger partial charge in [-0.3, -0.25) is 0 Å². The highest BCUT2D eigenvalue weighted by Crippen LogP contribution is 2.17. The summed E-state index contributed by atoms with van der Waals surface area (Å²) in [6.07, 6.45) is 1.44. The van der Waals surface area contributed by atoms with Crippen LogP contribution < -0.4 is 11.1 Å². The fourth-order valence-corrected chi connectivity index (χ4v) is 1.68. The van der Waals surface area contributed by atoms with E-state index in [0.717, 1.165) is 5.56 Å². The molecule has 5 nitrogen and oxygen atoms in total. The van der Waals surface area contributed by atoms with Gasteiger partial charge in [0.2, 0.25) is 0 Å². The van der Waals surface area contributed by atoms with Crippen LogP contribution in [0.25, 0.3) is 0 Å². The van der Waals surface area contributed by atoms with Crippen LogP contribution in [-0.2, 0) is 11.3 Å². The van der Waals surface area contributed by atoms with Crippen molar-refractivity contribution in [3.63, 3.8) is 0 Å². The van der Waals surface area contributed by atoms with E-state index < -0.39 is 5.97 Å². The first-order valence-electron chi connectivity index (χ1n) is 5.92. The van der Waals surface area contributed by atoms with E-state index >= 15 is 0 Å². The van der Waals surface area contributed by atoms with Crippen molar-refractivity contribution in [2.45, 2.75) is 6.54 Å². The van der Waals surface area contributed by atoms with Gasteiger partial charge in [0, 0.05) is 6.54 Å². The zero-order valence-corrected chi connectivity index (χ0v) is 10.9. The maximum atomic E-state index is 12.8. The van der Waals surface area contributed by atoms with Gasteiger partial charge in [-0.05, 0) is 23.8 Å². The van der Waals surface area contributed by atoms with Crippen LogP contribution in [0.1, 0.15) is 15.9 Å². The molecule has 0 radical (unpaired) electrons. The minimum Gasteiger partial charge on any atom is -0.465 e. The summed E-state index contributed by atoms with van der Waals surface area (Å²) in [5.74, 6) is -0.448. The van der Waals surface area contributed by atoms with Gasteiger partial charge in [-0.1, -0.05) is 12.1 Å². The number of hydrogen-bond donors (Lipinski definition) is 2. The van der Waals surface area contributed by atoms with Crippen molar-refractivity contribution in [2.24, 2.45) is 0 Å². The van der Waals surface area contributed by atoms with Crippen molar-refractivity contribution >= 4 is 17.5 Å². The van der Waals surface area contributed by atoms with Crippen molar-refractivity contribution in [1.29, 1.82) is 0 Å². The minimum absolute atomic E-state index is 0.259. The number of esters is 1. The fraction of sp³-hybridized carbons (Fsp3) is 0.143. The topological polar surface area (TPSA) is 77.2 Å². The number of methoxy groups -OCH3 is 1. The van der Waals surface area contributed by atoms with Gasteiger partial charge < -0.3 is 15.8 Å². The molecule has 1 aromatic heterocycles. The van der Waals surface area contributed by atoms with Crippen molar-refractivity contribution in [1.82, 2.24) is 4.98 Å². The normalized spacial score (nSPS) is 10.1. The van der Waals surface area contributed by atoms with Crippen LogP contribution in [0.4, 0.5) is 15.9 Å². The number of pyridine rings is 1. The second-order valence-corrected chi connectivity index (χ2v) is 4.14. The number of anilines is 2. The minimum atomic E-state index is -0.522. The highest BCUT2D eigenvalue weighted by molar-refractivity contribution is 5.95. The van der Waals surface area contributed by atoms with Crippen molar-refractivity contribution in [2.75, 3.05) is 18.2 Å². The summed E-state index contributed by atoms with van der Waals surface area (Å²) >= 11 is 0. The zero-order valence-electron chi connectivity index (χ0n) is 10.9. The third-order valence-electron chi connectivity index (χ3n) is 2.69. The van der Waals surface area contributed by atoms with Crippen LogP contribution in [0.3, 0.4) is 0 Å². The van der Waals surface area contributed by atoms with Gasteiger partial charge in [0.15, 0.2) is 0 Å². The number of hydrogen-bond acceptors (Lipinski definition) is 5. The van der Waals surface area contributed by atoms with E-state index in [1.54, 1.807) is 12.1 Å². The third-order valence-corrected chi connectivity index (χ3v) is 2.69. The number of benzene rings is 1. The highest BCUT2D eigenvalue weighted by Gasteiger charge is 2.13. The van der Waals surface area contributed by atoms with Gasteiger partial charge in [-0.2, -0.15) is 0 Å². The Hall–Kier alpha value is -2.63. The maximum Gasteiger partial charge on any atom is 0.341 e. The molecule has 0 atom stereocenters. The Balaban J connectivity index is 2.16. The van der Waals surface area contributed by atoms with Gasteiger partial charge in [0.05, 0.1) is 19.0 Å². The third kappa shape index (κ3) is 3.23. The molecule has 2 aromatic rings. The van der Waals surface area contributed by atoms with E-state index in [0.29, 0.717) is 18.1 Å². The molecule has 0 unspecified atom stereocenters. The Labute approximate surface area is 115 Å². The lowest BCUT2D eigenvalue weighted by molar-refractivity contribution is 0.0601. The molecule has 1 aromatic carbocycles. The molecular formula is C14H14FN3O2. The molecule has 0 saturated carbocycles. The average Bonchev–Trinajstić information content (AvgIpc) is 2.46. The molecule has 0 fully saturated rings. The van der Waals surface area contributed by atoms with Gasteiger partial charge in [0.1, 0.15) is 17.2 Å². The average molecular weight is 275 g/mol. The molecule has 3 N–H and O–H groups in total. The Kier molecular flexibility index (Phi) is 4.14. The monoisotopic (exact) mass is 275 g/mol. The van der Waals surface area contributed by atoms with Crippen molar-refractivity contribution in [3.05, 3.63) is 53.5 Å². The second-order valence-electron chi connectivity index (χ2n) is 4.14. The van der Waals surface area contributed by atoms with E-state index in [9.17, 15) is 9.18 Å². The molecule has 0 saturated heterocycles. The molecule has 0 spiro atoms. The number of carbonyl (C=O) groups excluding carboxylic acids is 1. The lowest BCUT2D eigenvalue weighted by Crippen LogP contribution is -2.10. The van der Waals surface area contributed by atoms with Crippen LogP contribution in [0.15, 0.2) is 36.5 Å². The Morgan fingerprint density at radius 1 is 1.40 bits per heavy atom. The standard InChI is InChI=1S/C14H14FN3O2/c1-20-14(19)12-6-11(16)8-18-13(12)17-7-9-2-4-10(15)5-3-9/h2-6,8H,7,16H2,1H3,(H,17,18). The van der Waals surface area contributed by atoms with E-state index in [4.69, 9.17) is 5.73 Å². The quantitative estimate of drug-likeness (QED) is 0.836. The zero-order chi connectivity index (χ0) is 14.5. The molecule has 6 heteroatoms. The molecule has 0 aliphatic rings. The van der Waals surface area contributed by atoms with Crippen LogP contribution in [0.2, 0.25) is 0 Å². The molecule has 1 heterocycles. The fourth-order valence-electron chi connectivity index (χ4n) is 1.68. The number of rotatable bonds is 4. The predicted octanol–water partition coefficient (Wildman–Crippen LogP) is 2.20. The summed E-state index contributed by atoms with van der Waals surface area (Å²) in [5, 5.41) is 3.00. The summed E-state index contributed by atoms with van der Waals surface area (Å²) < 4.78 is 17.5.